The van der Waals surface area contributed by atoms with E-state index in [9.17, 15) is 0 Å². The van der Waals surface area contributed by atoms with Crippen LogP contribution < -0.4 is 0 Å². The van der Waals surface area contributed by atoms with E-state index in [4.69, 9.17) is 4.42 Å². The number of fused-ring (bicyclic) bond motifs is 10. The minimum Gasteiger partial charge on any atom is -0.456 e. The van der Waals surface area contributed by atoms with Crippen molar-refractivity contribution in [2.75, 3.05) is 0 Å². The van der Waals surface area contributed by atoms with Crippen LogP contribution in [0, 0.1) is 0 Å². The lowest BCUT2D eigenvalue weighted by Gasteiger charge is -2.14. The van der Waals surface area contributed by atoms with Gasteiger partial charge in [-0.15, -0.1) is 0 Å². The fourth-order valence-electron chi connectivity index (χ4n) is 8.11. The van der Waals surface area contributed by atoms with Gasteiger partial charge in [0, 0.05) is 60.7 Å². The van der Waals surface area contributed by atoms with Crippen molar-refractivity contribution in [3.63, 3.8) is 0 Å². The Morgan fingerprint density at radius 2 is 0.808 bits per heavy atom. The fourth-order valence-corrected chi connectivity index (χ4v) is 8.11. The van der Waals surface area contributed by atoms with E-state index in [1.54, 1.807) is 0 Å². The molecule has 0 saturated carbocycles. The normalized spacial score (nSPS) is 11.8. The molecule has 0 atom stereocenters. The monoisotopic (exact) mass is 665 g/mol. The molecule has 11 rings (SSSR count). The van der Waals surface area contributed by atoms with Crippen LogP contribution in [0.25, 0.3) is 93.6 Å². The highest BCUT2D eigenvalue weighted by atomic mass is 16.3. The van der Waals surface area contributed by atoms with Crippen molar-refractivity contribution in [3.8, 4) is 17.1 Å². The number of nitrogens with zero attached hydrogens (tertiary/aromatic N) is 3. The Labute approximate surface area is 298 Å². The minimum atomic E-state index is 0.865. The summed E-state index contributed by atoms with van der Waals surface area (Å²) in [6, 6.07) is 67.7. The Morgan fingerprint density at radius 1 is 0.288 bits per heavy atom. The third-order valence-electron chi connectivity index (χ3n) is 10.4. The third-order valence-corrected chi connectivity index (χ3v) is 10.4. The summed E-state index contributed by atoms with van der Waals surface area (Å²) in [5.74, 6) is 0. The second-order valence-electron chi connectivity index (χ2n) is 13.5. The molecule has 0 amide bonds. The summed E-state index contributed by atoms with van der Waals surface area (Å²) < 4.78 is 13.6. The van der Waals surface area contributed by atoms with Gasteiger partial charge in [-0.1, -0.05) is 84.9 Å². The van der Waals surface area contributed by atoms with Gasteiger partial charge in [0.15, 0.2) is 0 Å². The van der Waals surface area contributed by atoms with Gasteiger partial charge in [-0.25, -0.2) is 0 Å². The summed E-state index contributed by atoms with van der Waals surface area (Å²) in [6.07, 6.45) is 0. The smallest absolute Gasteiger partial charge is 0.135 e. The number of rotatable bonds is 3. The molecule has 0 saturated heterocycles. The molecule has 0 spiro atoms. The number of aromatic nitrogens is 3. The molecule has 244 valence electrons. The number of hydrogen-bond donors (Lipinski definition) is 0. The first-order valence-electron chi connectivity index (χ1n) is 17.7. The van der Waals surface area contributed by atoms with E-state index in [1.807, 2.05) is 0 Å². The highest BCUT2D eigenvalue weighted by Gasteiger charge is 2.15. The summed E-state index contributed by atoms with van der Waals surface area (Å²) >= 11 is 0. The quantitative estimate of drug-likeness (QED) is 0.185. The van der Waals surface area contributed by atoms with Crippen molar-refractivity contribution in [2.24, 2.45) is 0 Å². The van der Waals surface area contributed by atoms with Crippen LogP contribution in [0.5, 0.6) is 0 Å². The Balaban J connectivity index is 1.30. The lowest BCUT2D eigenvalue weighted by molar-refractivity contribution is 0.669. The van der Waals surface area contributed by atoms with Crippen molar-refractivity contribution in [1.29, 1.82) is 0 Å². The van der Waals surface area contributed by atoms with Gasteiger partial charge in [-0.05, 0) is 114 Å². The van der Waals surface area contributed by atoms with Gasteiger partial charge in [0.2, 0.25) is 0 Å². The van der Waals surface area contributed by atoms with Crippen molar-refractivity contribution >= 4 is 76.6 Å². The lowest BCUT2D eigenvalue weighted by atomic mass is 10.1. The molecule has 4 heteroatoms. The average Bonchev–Trinajstić information content (AvgIpc) is 3.74. The molecule has 8 aromatic carbocycles. The second-order valence-corrected chi connectivity index (χ2v) is 13.5. The first kappa shape index (κ1) is 28.8. The van der Waals surface area contributed by atoms with Crippen molar-refractivity contribution in [2.45, 2.75) is 0 Å². The van der Waals surface area contributed by atoms with Crippen molar-refractivity contribution in [3.05, 3.63) is 188 Å². The molecule has 0 aliphatic heterocycles. The Kier molecular flexibility index (Phi) is 6.22. The molecular formula is C48H31N3O. The molecule has 0 aliphatic carbocycles. The number of benzene rings is 8. The van der Waals surface area contributed by atoms with E-state index >= 15 is 0 Å². The van der Waals surface area contributed by atoms with Gasteiger partial charge in [0.05, 0.1) is 11.0 Å². The fraction of sp³-hybridized carbons (Fsp3) is 0. The maximum atomic E-state index is 6.47. The van der Waals surface area contributed by atoms with Gasteiger partial charge in [-0.2, -0.15) is 0 Å². The van der Waals surface area contributed by atoms with Crippen LogP contribution in [0.1, 0.15) is 0 Å². The number of para-hydroxylation sites is 3. The predicted molar refractivity (Wildman–Crippen MR) is 217 cm³/mol. The molecule has 0 N–H and O–H groups in total. The molecule has 8 bridgehead atoms. The van der Waals surface area contributed by atoms with Crippen molar-refractivity contribution in [1.82, 2.24) is 13.7 Å². The van der Waals surface area contributed by atoms with Crippen LogP contribution in [-0.2, 0) is 0 Å². The molecular weight excluding hydrogens is 635 g/mol. The zero-order valence-electron chi connectivity index (χ0n) is 28.1. The summed E-state index contributed by atoms with van der Waals surface area (Å²) in [4.78, 5) is 0. The van der Waals surface area contributed by atoms with E-state index in [-0.39, 0.29) is 0 Å². The molecule has 4 nitrogen and oxygen atoms in total. The van der Waals surface area contributed by atoms with Gasteiger partial charge in [0.1, 0.15) is 11.2 Å². The maximum absolute atomic E-state index is 6.47. The van der Waals surface area contributed by atoms with Crippen LogP contribution in [0.4, 0.5) is 0 Å². The molecule has 0 aliphatic rings. The van der Waals surface area contributed by atoms with E-state index in [0.29, 0.717) is 0 Å². The van der Waals surface area contributed by atoms with E-state index in [2.05, 4.69) is 202 Å². The van der Waals surface area contributed by atoms with Gasteiger partial charge in [-0.3, -0.25) is 0 Å². The molecule has 11 aromatic rings. The zero-order valence-corrected chi connectivity index (χ0v) is 28.1. The minimum absolute atomic E-state index is 0.865. The molecule has 0 fully saturated rings. The second kappa shape index (κ2) is 11.2. The predicted octanol–water partition coefficient (Wildman–Crippen LogP) is 12.8. The van der Waals surface area contributed by atoms with Crippen LogP contribution in [0.15, 0.2) is 192 Å². The van der Waals surface area contributed by atoms with E-state index in [0.717, 1.165) is 77.4 Å². The van der Waals surface area contributed by atoms with Crippen LogP contribution in [0.2, 0.25) is 0 Å². The van der Waals surface area contributed by atoms with Crippen molar-refractivity contribution < 1.29 is 4.42 Å². The highest BCUT2D eigenvalue weighted by Crippen LogP contribution is 2.36. The summed E-state index contributed by atoms with van der Waals surface area (Å²) in [5.41, 5.74) is 11.7. The average molecular weight is 666 g/mol. The Morgan fingerprint density at radius 3 is 1.44 bits per heavy atom. The summed E-state index contributed by atoms with van der Waals surface area (Å²) in [7, 11) is 0. The first-order chi connectivity index (χ1) is 25.8. The maximum Gasteiger partial charge on any atom is 0.135 e. The molecule has 3 aromatic heterocycles. The molecule has 0 radical (unpaired) electrons. The van der Waals surface area contributed by atoms with Crippen LogP contribution >= 0.6 is 0 Å². The summed E-state index contributed by atoms with van der Waals surface area (Å²) in [5, 5.41) is 6.92. The molecule has 52 heavy (non-hydrogen) atoms. The van der Waals surface area contributed by atoms with Gasteiger partial charge < -0.3 is 18.1 Å². The molecule has 0 unspecified atom stereocenters. The first-order valence-corrected chi connectivity index (χ1v) is 17.7. The van der Waals surface area contributed by atoms with Crippen LogP contribution in [0.3, 0.4) is 0 Å². The molecule has 3 heterocycles. The number of hydrogen-bond acceptors (Lipinski definition) is 1. The summed E-state index contributed by atoms with van der Waals surface area (Å²) in [6.45, 7) is 0. The van der Waals surface area contributed by atoms with Gasteiger partial charge >= 0.3 is 0 Å². The zero-order chi connectivity index (χ0) is 34.2. The largest absolute Gasteiger partial charge is 0.456 e. The SMILES string of the molecule is c1ccc(-n2c3cccc(c3)c3cccc(c3)n(-c3ccc4c5ccccc5n(-c5ccccc5)c4c3)c3ccc4oc5ccc2cc5c4c3)cc1. The Hall–Kier alpha value is -7.04. The third kappa shape index (κ3) is 4.41. The topological polar surface area (TPSA) is 27.9 Å². The van der Waals surface area contributed by atoms with E-state index < -0.39 is 0 Å². The number of furan rings is 1. The van der Waals surface area contributed by atoms with E-state index in [1.165, 1.54) is 16.3 Å². The standard InChI is InChI=1S/C48H31N3O/c1-3-13-34(14-4-1)49-36-17-9-11-32(27-36)33-12-10-18-37(28-33)50(39-23-26-48-44(30-39)43-29-38(49)22-25-47(43)52-48)40-21-24-42-41-19-7-8-20-45(41)51(46(42)31-40)35-15-5-2-6-16-35/h1-31H. The van der Waals surface area contributed by atoms with Gasteiger partial charge in [0.25, 0.3) is 0 Å². The van der Waals surface area contributed by atoms with Crippen LogP contribution in [-0.4, -0.2) is 13.7 Å². The Bertz CT molecular complexity index is 3230. The lowest BCUT2D eigenvalue weighted by Crippen LogP contribution is -1.99. The highest BCUT2D eigenvalue weighted by molar-refractivity contribution is 6.10.